The predicted octanol–water partition coefficient (Wildman–Crippen LogP) is 3.20. The first-order chi connectivity index (χ1) is 9.15. The Morgan fingerprint density at radius 1 is 1.32 bits per heavy atom. The molecule has 1 amide bonds. The van der Waals surface area contributed by atoms with Gasteiger partial charge in [0.25, 0.3) is 0 Å². The molecule has 19 heavy (non-hydrogen) atoms. The third kappa shape index (κ3) is 2.25. The summed E-state index contributed by atoms with van der Waals surface area (Å²) < 4.78 is 0. The van der Waals surface area contributed by atoms with Gasteiger partial charge in [0.15, 0.2) is 0 Å². The molecule has 2 aromatic rings. The summed E-state index contributed by atoms with van der Waals surface area (Å²) in [5.74, 6) is 0.777. The highest BCUT2D eigenvalue weighted by atomic mass is 16.2. The molecule has 1 aromatic carbocycles. The fraction of sp³-hybridized carbons (Fsp3) is 0.438. The lowest BCUT2D eigenvalue weighted by atomic mass is 9.89. The van der Waals surface area contributed by atoms with Gasteiger partial charge in [-0.3, -0.25) is 4.79 Å². The minimum absolute atomic E-state index is 0.202. The van der Waals surface area contributed by atoms with Gasteiger partial charge >= 0.3 is 0 Å². The molecule has 1 aromatic heterocycles. The molecule has 0 bridgehead atoms. The van der Waals surface area contributed by atoms with Crippen LogP contribution in [-0.4, -0.2) is 28.9 Å². The number of aromatic amines is 1. The molecule has 1 saturated heterocycles. The fourth-order valence-electron chi connectivity index (χ4n) is 3.10. The van der Waals surface area contributed by atoms with E-state index in [1.807, 2.05) is 4.90 Å². The summed E-state index contributed by atoms with van der Waals surface area (Å²) in [7, 11) is 0. The Kier molecular flexibility index (Phi) is 3.05. The largest absolute Gasteiger partial charge is 0.361 e. The third-order valence-corrected chi connectivity index (χ3v) is 4.25. The minimum atomic E-state index is 0.202. The van der Waals surface area contributed by atoms with Crippen LogP contribution >= 0.6 is 0 Å². The number of piperidine rings is 1. The highest BCUT2D eigenvalue weighted by molar-refractivity contribution is 5.84. The number of amides is 1. The summed E-state index contributed by atoms with van der Waals surface area (Å²) in [5, 5.41) is 1.35. The van der Waals surface area contributed by atoms with Crippen LogP contribution in [0.3, 0.4) is 0 Å². The van der Waals surface area contributed by atoms with Gasteiger partial charge in [-0.1, -0.05) is 11.6 Å². The Morgan fingerprint density at radius 3 is 2.74 bits per heavy atom. The third-order valence-electron chi connectivity index (χ3n) is 4.25. The number of H-pyrrole nitrogens is 1. The molecule has 3 nitrogen and oxygen atoms in total. The highest BCUT2D eigenvalue weighted by Gasteiger charge is 2.23. The van der Waals surface area contributed by atoms with Crippen molar-refractivity contribution in [2.75, 3.05) is 13.1 Å². The smallest absolute Gasteiger partial charge is 0.219 e. The number of aromatic nitrogens is 1. The second kappa shape index (κ2) is 4.72. The molecule has 1 N–H and O–H groups in total. The number of nitrogens with zero attached hydrogens (tertiary/aromatic N) is 1. The lowest BCUT2D eigenvalue weighted by molar-refractivity contribution is -0.129. The van der Waals surface area contributed by atoms with E-state index in [0.717, 1.165) is 25.9 Å². The molecule has 0 aliphatic carbocycles. The summed E-state index contributed by atoms with van der Waals surface area (Å²) in [6, 6.07) is 6.55. The summed E-state index contributed by atoms with van der Waals surface area (Å²) in [6.45, 7) is 5.57. The lowest BCUT2D eigenvalue weighted by Gasteiger charge is -2.31. The highest BCUT2D eigenvalue weighted by Crippen LogP contribution is 2.33. The van der Waals surface area contributed by atoms with Gasteiger partial charge in [0.1, 0.15) is 0 Å². The second-order valence-corrected chi connectivity index (χ2v) is 5.57. The first kappa shape index (κ1) is 12.3. The van der Waals surface area contributed by atoms with Gasteiger partial charge in [0.2, 0.25) is 5.91 Å². The van der Waals surface area contributed by atoms with Crippen molar-refractivity contribution in [1.82, 2.24) is 9.88 Å². The second-order valence-electron chi connectivity index (χ2n) is 5.57. The number of aryl methyl sites for hydroxylation is 1. The quantitative estimate of drug-likeness (QED) is 0.835. The van der Waals surface area contributed by atoms with Gasteiger partial charge in [-0.15, -0.1) is 0 Å². The van der Waals surface area contributed by atoms with Crippen LogP contribution in [0.25, 0.3) is 10.9 Å². The molecule has 0 spiro atoms. The molecular formula is C16H20N2O. The van der Waals surface area contributed by atoms with Gasteiger partial charge in [0, 0.05) is 37.1 Å². The van der Waals surface area contributed by atoms with E-state index in [1.54, 1.807) is 6.92 Å². The molecule has 3 heteroatoms. The molecule has 0 radical (unpaired) electrons. The van der Waals surface area contributed by atoms with Gasteiger partial charge in [-0.05, 0) is 43.4 Å². The SMILES string of the molecule is CC(=O)N1CCC(c2c[nH]c3ccc(C)cc23)CC1. The van der Waals surface area contributed by atoms with Crippen LogP contribution in [0.1, 0.15) is 36.8 Å². The number of carbonyl (C=O) groups is 1. The number of hydrogen-bond donors (Lipinski definition) is 1. The van der Waals surface area contributed by atoms with E-state index in [4.69, 9.17) is 0 Å². The lowest BCUT2D eigenvalue weighted by Crippen LogP contribution is -2.36. The van der Waals surface area contributed by atoms with Crippen LogP contribution in [0.2, 0.25) is 0 Å². The van der Waals surface area contributed by atoms with E-state index >= 15 is 0 Å². The van der Waals surface area contributed by atoms with Crippen LogP contribution in [0.5, 0.6) is 0 Å². The van der Waals surface area contributed by atoms with Gasteiger partial charge in [0.05, 0.1) is 0 Å². The first-order valence-electron chi connectivity index (χ1n) is 6.98. The summed E-state index contributed by atoms with van der Waals surface area (Å²) in [5.41, 5.74) is 3.94. The average Bonchev–Trinajstić information content (AvgIpc) is 2.81. The summed E-state index contributed by atoms with van der Waals surface area (Å²) >= 11 is 0. The molecule has 1 aliphatic heterocycles. The van der Waals surface area contributed by atoms with Gasteiger partial charge in [-0.2, -0.15) is 0 Å². The van der Waals surface area contributed by atoms with Crippen molar-refractivity contribution in [2.24, 2.45) is 0 Å². The maximum atomic E-state index is 11.4. The maximum absolute atomic E-state index is 11.4. The maximum Gasteiger partial charge on any atom is 0.219 e. The molecule has 100 valence electrons. The topological polar surface area (TPSA) is 36.1 Å². The zero-order chi connectivity index (χ0) is 13.4. The van der Waals surface area contributed by atoms with Gasteiger partial charge in [-0.25, -0.2) is 0 Å². The van der Waals surface area contributed by atoms with Crippen molar-refractivity contribution in [3.63, 3.8) is 0 Å². The van der Waals surface area contributed by atoms with Crippen molar-refractivity contribution in [2.45, 2.75) is 32.6 Å². The van der Waals surface area contributed by atoms with Crippen LogP contribution in [0.15, 0.2) is 24.4 Å². The Labute approximate surface area is 113 Å². The number of likely N-dealkylation sites (tertiary alicyclic amines) is 1. The molecule has 0 saturated carbocycles. The van der Waals surface area contributed by atoms with Crippen LogP contribution < -0.4 is 0 Å². The van der Waals surface area contributed by atoms with Crippen LogP contribution in [0, 0.1) is 6.92 Å². The van der Waals surface area contributed by atoms with E-state index in [1.165, 1.54) is 22.0 Å². The van der Waals surface area contributed by atoms with Crippen molar-refractivity contribution >= 4 is 16.8 Å². The van der Waals surface area contributed by atoms with Crippen LogP contribution in [-0.2, 0) is 4.79 Å². The molecule has 2 heterocycles. The Bertz CT molecular complexity index is 606. The Hall–Kier alpha value is -1.77. The number of nitrogens with one attached hydrogen (secondary N) is 1. The number of fused-ring (bicyclic) bond motifs is 1. The number of benzene rings is 1. The van der Waals surface area contributed by atoms with Crippen molar-refractivity contribution in [1.29, 1.82) is 0 Å². The van der Waals surface area contributed by atoms with E-state index in [0.29, 0.717) is 5.92 Å². The van der Waals surface area contributed by atoms with E-state index in [2.05, 4.69) is 36.3 Å². The number of rotatable bonds is 1. The molecular weight excluding hydrogens is 236 g/mol. The van der Waals surface area contributed by atoms with Crippen molar-refractivity contribution < 1.29 is 4.79 Å². The predicted molar refractivity (Wildman–Crippen MR) is 77.3 cm³/mol. The standard InChI is InChI=1S/C16H20N2O/c1-11-3-4-16-14(9-11)15(10-17-16)13-5-7-18(8-6-13)12(2)19/h3-4,9-10,13,17H,5-8H2,1-2H3. The normalized spacial score (nSPS) is 17.1. The zero-order valence-electron chi connectivity index (χ0n) is 11.6. The molecule has 3 rings (SSSR count). The van der Waals surface area contributed by atoms with Crippen molar-refractivity contribution in [3.8, 4) is 0 Å². The van der Waals surface area contributed by atoms with Crippen molar-refractivity contribution in [3.05, 3.63) is 35.5 Å². The average molecular weight is 256 g/mol. The summed E-state index contributed by atoms with van der Waals surface area (Å²) in [4.78, 5) is 16.7. The molecule has 0 atom stereocenters. The van der Waals surface area contributed by atoms with E-state index in [-0.39, 0.29) is 5.91 Å². The number of carbonyl (C=O) groups excluding carboxylic acids is 1. The zero-order valence-corrected chi connectivity index (χ0v) is 11.6. The summed E-state index contributed by atoms with van der Waals surface area (Å²) in [6.07, 6.45) is 4.29. The molecule has 1 fully saturated rings. The molecule has 0 unspecified atom stereocenters. The monoisotopic (exact) mass is 256 g/mol. The van der Waals surface area contributed by atoms with E-state index < -0.39 is 0 Å². The first-order valence-corrected chi connectivity index (χ1v) is 6.98. The Morgan fingerprint density at radius 2 is 2.05 bits per heavy atom. The molecule has 1 aliphatic rings. The van der Waals surface area contributed by atoms with Crippen LogP contribution in [0.4, 0.5) is 0 Å². The minimum Gasteiger partial charge on any atom is -0.361 e. The number of hydrogen-bond acceptors (Lipinski definition) is 1. The fourth-order valence-corrected chi connectivity index (χ4v) is 3.10. The van der Waals surface area contributed by atoms with Gasteiger partial charge < -0.3 is 9.88 Å². The Balaban J connectivity index is 1.85. The van der Waals surface area contributed by atoms with E-state index in [9.17, 15) is 4.79 Å².